The summed E-state index contributed by atoms with van der Waals surface area (Å²) in [6.45, 7) is 2.03. The first-order valence-corrected chi connectivity index (χ1v) is 9.76. The number of benzene rings is 2. The zero-order chi connectivity index (χ0) is 20.2. The molecule has 0 heterocycles. The van der Waals surface area contributed by atoms with Gasteiger partial charge in [-0.2, -0.15) is 0 Å². The zero-order valence-electron chi connectivity index (χ0n) is 15.8. The molecule has 0 fully saturated rings. The van der Waals surface area contributed by atoms with Crippen LogP contribution in [-0.4, -0.2) is 43.6 Å². The number of hydrazine groups is 1. The Hall–Kier alpha value is -2.58. The zero-order valence-corrected chi connectivity index (χ0v) is 17.4. The van der Waals surface area contributed by atoms with Gasteiger partial charge in [-0.1, -0.05) is 46.3 Å². The van der Waals surface area contributed by atoms with Crippen molar-refractivity contribution in [3.05, 3.63) is 64.6 Å². The number of carbonyl (C=O) groups is 2. The highest BCUT2D eigenvalue weighted by atomic mass is 79.9. The molecule has 2 aromatic carbocycles. The number of ether oxygens (including phenoxy) is 1. The fourth-order valence-corrected chi connectivity index (χ4v) is 2.68. The van der Waals surface area contributed by atoms with E-state index in [1.807, 2.05) is 37.4 Å². The number of nitrogens with one attached hydrogen (secondary N) is 3. The van der Waals surface area contributed by atoms with E-state index in [2.05, 4.69) is 49.1 Å². The molecular formula is C20H25BrN4O3. The molecule has 150 valence electrons. The first kappa shape index (κ1) is 21.7. The van der Waals surface area contributed by atoms with E-state index in [4.69, 9.17) is 4.74 Å². The Morgan fingerprint density at radius 1 is 1.04 bits per heavy atom. The van der Waals surface area contributed by atoms with Crippen molar-refractivity contribution in [2.24, 2.45) is 0 Å². The molecule has 0 spiro atoms. The molecule has 28 heavy (non-hydrogen) atoms. The lowest BCUT2D eigenvalue weighted by Crippen LogP contribution is -2.48. The molecule has 3 N–H and O–H groups in total. The quantitative estimate of drug-likeness (QED) is 0.406. The molecule has 7 nitrogen and oxygen atoms in total. The van der Waals surface area contributed by atoms with Crippen LogP contribution in [0.2, 0.25) is 0 Å². The largest absolute Gasteiger partial charge is 0.484 e. The minimum Gasteiger partial charge on any atom is -0.484 e. The summed E-state index contributed by atoms with van der Waals surface area (Å²) >= 11 is 3.32. The standard InChI is InChI=1S/C20H25BrN4O3/c1-25(14-16-6-3-2-4-7-16)13-5-12-22-20(27)24-23-19(26)15-28-18-10-8-17(21)9-11-18/h2-4,6-11H,5,12-15H2,1H3,(H,23,26)(H2,22,24,27). The Bertz CT molecular complexity index is 741. The molecule has 0 saturated heterocycles. The number of hydrogen-bond donors (Lipinski definition) is 3. The average molecular weight is 449 g/mol. The number of urea groups is 1. The van der Waals surface area contributed by atoms with Crippen molar-refractivity contribution < 1.29 is 14.3 Å². The van der Waals surface area contributed by atoms with Crippen molar-refractivity contribution >= 4 is 27.9 Å². The van der Waals surface area contributed by atoms with Crippen LogP contribution in [0, 0.1) is 0 Å². The Morgan fingerprint density at radius 2 is 1.75 bits per heavy atom. The number of rotatable bonds is 9. The molecule has 0 bridgehead atoms. The first-order chi connectivity index (χ1) is 13.5. The van der Waals surface area contributed by atoms with Crippen molar-refractivity contribution in [1.82, 2.24) is 21.1 Å². The molecule has 8 heteroatoms. The van der Waals surface area contributed by atoms with Gasteiger partial charge < -0.3 is 15.0 Å². The molecular weight excluding hydrogens is 424 g/mol. The monoisotopic (exact) mass is 448 g/mol. The third-order valence-electron chi connectivity index (χ3n) is 3.80. The molecule has 0 aliphatic rings. The van der Waals surface area contributed by atoms with Crippen LogP contribution in [0.3, 0.4) is 0 Å². The average Bonchev–Trinajstić information content (AvgIpc) is 2.70. The molecule has 2 aromatic rings. The Labute approximate surface area is 173 Å². The molecule has 0 unspecified atom stereocenters. The molecule has 0 aromatic heterocycles. The van der Waals surface area contributed by atoms with Crippen molar-refractivity contribution in [1.29, 1.82) is 0 Å². The molecule has 0 aliphatic carbocycles. The van der Waals surface area contributed by atoms with Gasteiger partial charge in [0, 0.05) is 17.6 Å². The third kappa shape index (κ3) is 8.88. The highest BCUT2D eigenvalue weighted by Crippen LogP contribution is 2.15. The molecule has 3 amide bonds. The lowest BCUT2D eigenvalue weighted by Gasteiger charge is -2.17. The number of carbonyl (C=O) groups excluding carboxylic acids is 2. The van der Waals surface area contributed by atoms with Crippen LogP contribution < -0.4 is 20.9 Å². The van der Waals surface area contributed by atoms with Gasteiger partial charge in [0.15, 0.2) is 6.61 Å². The van der Waals surface area contributed by atoms with Gasteiger partial charge in [-0.3, -0.25) is 10.2 Å². The van der Waals surface area contributed by atoms with Crippen LogP contribution in [0.5, 0.6) is 5.75 Å². The highest BCUT2D eigenvalue weighted by molar-refractivity contribution is 9.10. The van der Waals surface area contributed by atoms with Gasteiger partial charge in [0.05, 0.1) is 0 Å². The summed E-state index contributed by atoms with van der Waals surface area (Å²) in [7, 11) is 2.04. The van der Waals surface area contributed by atoms with Crippen LogP contribution in [0.25, 0.3) is 0 Å². The molecule has 0 aliphatic heterocycles. The normalized spacial score (nSPS) is 10.4. The first-order valence-electron chi connectivity index (χ1n) is 8.96. The second-order valence-electron chi connectivity index (χ2n) is 6.25. The van der Waals surface area contributed by atoms with E-state index in [0.717, 1.165) is 24.0 Å². The highest BCUT2D eigenvalue weighted by Gasteiger charge is 2.06. The SMILES string of the molecule is CN(CCCNC(=O)NNC(=O)COc1ccc(Br)cc1)Cc1ccccc1. The molecule has 2 rings (SSSR count). The molecule has 0 saturated carbocycles. The van der Waals surface area contributed by atoms with Crippen LogP contribution in [0.1, 0.15) is 12.0 Å². The second kappa shape index (κ2) is 12.0. The summed E-state index contributed by atoms with van der Waals surface area (Å²) in [5.74, 6) is 0.128. The fraction of sp³-hybridized carbons (Fsp3) is 0.300. The van der Waals surface area contributed by atoms with Crippen LogP contribution in [-0.2, 0) is 11.3 Å². The van der Waals surface area contributed by atoms with Gasteiger partial charge in [-0.05, 0) is 49.8 Å². The van der Waals surface area contributed by atoms with E-state index in [1.165, 1.54) is 5.56 Å². The topological polar surface area (TPSA) is 82.7 Å². The second-order valence-corrected chi connectivity index (χ2v) is 7.16. The third-order valence-corrected chi connectivity index (χ3v) is 4.33. The predicted molar refractivity (Wildman–Crippen MR) is 112 cm³/mol. The summed E-state index contributed by atoms with van der Waals surface area (Å²) in [6.07, 6.45) is 0.803. The summed E-state index contributed by atoms with van der Waals surface area (Å²) in [6, 6.07) is 16.9. The Balaban J connectivity index is 1.52. The maximum atomic E-state index is 11.7. The lowest BCUT2D eigenvalue weighted by atomic mass is 10.2. The number of amides is 3. The maximum absolute atomic E-state index is 11.7. The van der Waals surface area contributed by atoms with Gasteiger partial charge in [-0.25, -0.2) is 10.2 Å². The Morgan fingerprint density at radius 3 is 2.46 bits per heavy atom. The van der Waals surface area contributed by atoms with Crippen LogP contribution >= 0.6 is 15.9 Å². The summed E-state index contributed by atoms with van der Waals surface area (Å²) < 4.78 is 6.24. The summed E-state index contributed by atoms with van der Waals surface area (Å²) in [5, 5.41) is 2.70. The van der Waals surface area contributed by atoms with Crippen molar-refractivity contribution in [3.63, 3.8) is 0 Å². The summed E-state index contributed by atoms with van der Waals surface area (Å²) in [4.78, 5) is 25.6. The van der Waals surface area contributed by atoms with E-state index < -0.39 is 11.9 Å². The Kier molecular flexibility index (Phi) is 9.30. The smallest absolute Gasteiger partial charge is 0.333 e. The molecule has 0 atom stereocenters. The van der Waals surface area contributed by atoms with E-state index in [0.29, 0.717) is 12.3 Å². The van der Waals surface area contributed by atoms with Gasteiger partial charge in [0.25, 0.3) is 5.91 Å². The number of halogens is 1. The van der Waals surface area contributed by atoms with Crippen molar-refractivity contribution in [3.8, 4) is 5.75 Å². The summed E-state index contributed by atoms with van der Waals surface area (Å²) in [5.41, 5.74) is 5.86. The van der Waals surface area contributed by atoms with Gasteiger partial charge in [0.2, 0.25) is 0 Å². The van der Waals surface area contributed by atoms with E-state index in [-0.39, 0.29) is 6.61 Å². The van der Waals surface area contributed by atoms with E-state index in [9.17, 15) is 9.59 Å². The van der Waals surface area contributed by atoms with Crippen molar-refractivity contribution in [2.45, 2.75) is 13.0 Å². The van der Waals surface area contributed by atoms with Crippen molar-refractivity contribution in [2.75, 3.05) is 26.7 Å². The minimum absolute atomic E-state index is 0.188. The lowest BCUT2D eigenvalue weighted by molar-refractivity contribution is -0.123. The van der Waals surface area contributed by atoms with E-state index in [1.54, 1.807) is 12.1 Å². The van der Waals surface area contributed by atoms with Crippen LogP contribution in [0.15, 0.2) is 59.1 Å². The van der Waals surface area contributed by atoms with Gasteiger partial charge in [-0.15, -0.1) is 0 Å². The van der Waals surface area contributed by atoms with Gasteiger partial charge >= 0.3 is 6.03 Å². The van der Waals surface area contributed by atoms with E-state index >= 15 is 0 Å². The number of hydrogen-bond acceptors (Lipinski definition) is 4. The predicted octanol–water partition coefficient (Wildman–Crippen LogP) is 2.68. The fourth-order valence-electron chi connectivity index (χ4n) is 2.41. The van der Waals surface area contributed by atoms with Gasteiger partial charge in [0.1, 0.15) is 5.75 Å². The van der Waals surface area contributed by atoms with Crippen LogP contribution in [0.4, 0.5) is 4.79 Å². The minimum atomic E-state index is -0.456. The maximum Gasteiger partial charge on any atom is 0.333 e. The number of nitrogens with zero attached hydrogens (tertiary/aromatic N) is 1. The molecule has 0 radical (unpaired) electrons.